The third kappa shape index (κ3) is 3.62. The van der Waals surface area contributed by atoms with Crippen molar-refractivity contribution < 1.29 is 17.9 Å². The van der Waals surface area contributed by atoms with Crippen molar-refractivity contribution in [2.24, 2.45) is 0 Å². The van der Waals surface area contributed by atoms with Crippen molar-refractivity contribution in [3.8, 4) is 11.3 Å². The van der Waals surface area contributed by atoms with Gasteiger partial charge in [-0.25, -0.2) is 8.42 Å². The Morgan fingerprint density at radius 2 is 1.84 bits per heavy atom. The van der Waals surface area contributed by atoms with Crippen molar-refractivity contribution in [2.45, 2.75) is 4.90 Å². The number of nitro benzene ring substituents is 1. The van der Waals surface area contributed by atoms with Crippen LogP contribution in [0, 0.1) is 10.1 Å². The summed E-state index contributed by atoms with van der Waals surface area (Å²) in [6.07, 6.45) is 0. The average molecular weight is 380 g/mol. The SMILES string of the molecule is O=[N+]([O-])c1ccc(S(=O)(=O)Nc2cc(-c3ccccc3)on2)c(Cl)c1. The highest BCUT2D eigenvalue weighted by atomic mass is 35.5. The summed E-state index contributed by atoms with van der Waals surface area (Å²) in [4.78, 5) is 9.73. The predicted octanol–water partition coefficient (Wildman–Crippen LogP) is 3.70. The van der Waals surface area contributed by atoms with Gasteiger partial charge < -0.3 is 4.52 Å². The van der Waals surface area contributed by atoms with Gasteiger partial charge in [-0.05, 0) is 6.07 Å². The molecule has 1 heterocycles. The molecule has 128 valence electrons. The minimum atomic E-state index is -4.08. The molecule has 2 aromatic carbocycles. The molecular weight excluding hydrogens is 370 g/mol. The molecule has 8 nitrogen and oxygen atoms in total. The zero-order valence-corrected chi connectivity index (χ0v) is 14.0. The maximum absolute atomic E-state index is 12.4. The Bertz CT molecular complexity index is 1030. The van der Waals surface area contributed by atoms with E-state index in [-0.39, 0.29) is 21.4 Å². The van der Waals surface area contributed by atoms with Crippen LogP contribution in [0.5, 0.6) is 0 Å². The number of non-ortho nitro benzene ring substituents is 1. The molecule has 0 saturated heterocycles. The Kier molecular flexibility index (Phi) is 4.43. The third-order valence-electron chi connectivity index (χ3n) is 3.22. The van der Waals surface area contributed by atoms with Crippen molar-refractivity contribution in [1.82, 2.24) is 5.16 Å². The quantitative estimate of drug-likeness (QED) is 0.533. The van der Waals surface area contributed by atoms with Crippen LogP contribution in [0.15, 0.2) is 64.0 Å². The van der Waals surface area contributed by atoms with Crippen molar-refractivity contribution in [3.63, 3.8) is 0 Å². The Balaban J connectivity index is 1.87. The number of hydrogen-bond donors (Lipinski definition) is 1. The maximum Gasteiger partial charge on any atom is 0.271 e. The van der Waals surface area contributed by atoms with E-state index in [0.717, 1.165) is 23.8 Å². The summed E-state index contributed by atoms with van der Waals surface area (Å²) in [7, 11) is -4.08. The number of nitrogens with zero attached hydrogens (tertiary/aromatic N) is 2. The highest BCUT2D eigenvalue weighted by molar-refractivity contribution is 7.92. The second-order valence-electron chi connectivity index (χ2n) is 4.92. The number of hydrogen-bond acceptors (Lipinski definition) is 6. The first-order chi connectivity index (χ1) is 11.9. The van der Waals surface area contributed by atoms with E-state index in [1.54, 1.807) is 24.3 Å². The summed E-state index contributed by atoms with van der Waals surface area (Å²) in [6, 6.07) is 13.5. The molecule has 0 spiro atoms. The van der Waals surface area contributed by atoms with Gasteiger partial charge in [-0.3, -0.25) is 14.8 Å². The zero-order valence-electron chi connectivity index (χ0n) is 12.4. The van der Waals surface area contributed by atoms with Crippen LogP contribution in [0.25, 0.3) is 11.3 Å². The molecule has 0 radical (unpaired) electrons. The van der Waals surface area contributed by atoms with Crippen molar-refractivity contribution >= 4 is 33.1 Å². The highest BCUT2D eigenvalue weighted by Gasteiger charge is 2.22. The predicted molar refractivity (Wildman–Crippen MR) is 90.9 cm³/mol. The van der Waals surface area contributed by atoms with Gasteiger partial charge in [0.15, 0.2) is 11.6 Å². The smallest absolute Gasteiger partial charge is 0.271 e. The van der Waals surface area contributed by atoms with Gasteiger partial charge in [-0.1, -0.05) is 47.1 Å². The van der Waals surface area contributed by atoms with Gasteiger partial charge in [0.25, 0.3) is 15.7 Å². The number of anilines is 1. The molecule has 0 aliphatic carbocycles. The van der Waals surface area contributed by atoms with Gasteiger partial charge in [0.05, 0.1) is 9.95 Å². The molecular formula is C15H10ClN3O5S. The van der Waals surface area contributed by atoms with Crippen molar-refractivity contribution in [1.29, 1.82) is 0 Å². The summed E-state index contributed by atoms with van der Waals surface area (Å²) in [5.41, 5.74) is 0.422. The van der Waals surface area contributed by atoms with Crippen LogP contribution in [0.4, 0.5) is 11.5 Å². The standard InChI is InChI=1S/C15H10ClN3O5S/c16-12-8-11(19(20)21)6-7-14(12)25(22,23)18-15-9-13(24-17-15)10-4-2-1-3-5-10/h1-9H,(H,17,18). The monoisotopic (exact) mass is 379 g/mol. The van der Waals surface area contributed by atoms with Gasteiger partial charge in [-0.2, -0.15) is 0 Å². The van der Waals surface area contributed by atoms with Crippen LogP contribution < -0.4 is 4.72 Å². The molecule has 0 aliphatic heterocycles. The number of benzene rings is 2. The van der Waals surface area contributed by atoms with Crippen LogP contribution in [0.1, 0.15) is 0 Å². The normalized spacial score (nSPS) is 11.2. The van der Waals surface area contributed by atoms with Crippen LogP contribution in [-0.4, -0.2) is 18.5 Å². The molecule has 0 fully saturated rings. The molecule has 1 aromatic heterocycles. The molecule has 1 N–H and O–H groups in total. The fourth-order valence-electron chi connectivity index (χ4n) is 2.08. The Morgan fingerprint density at radius 1 is 1.12 bits per heavy atom. The molecule has 25 heavy (non-hydrogen) atoms. The molecule has 3 aromatic rings. The molecule has 0 amide bonds. The van der Waals surface area contributed by atoms with Crippen LogP contribution in [0.3, 0.4) is 0 Å². The first-order valence-electron chi connectivity index (χ1n) is 6.86. The minimum Gasteiger partial charge on any atom is -0.354 e. The number of nitrogens with one attached hydrogen (secondary N) is 1. The Morgan fingerprint density at radius 3 is 2.48 bits per heavy atom. The van der Waals surface area contributed by atoms with E-state index in [1.165, 1.54) is 6.07 Å². The topological polar surface area (TPSA) is 115 Å². The molecule has 0 unspecified atom stereocenters. The average Bonchev–Trinajstić information content (AvgIpc) is 3.03. The summed E-state index contributed by atoms with van der Waals surface area (Å²) >= 11 is 5.86. The summed E-state index contributed by atoms with van der Waals surface area (Å²) in [5, 5.41) is 14.1. The lowest BCUT2D eigenvalue weighted by Gasteiger charge is -2.06. The van der Waals surface area contributed by atoms with E-state index in [0.29, 0.717) is 5.76 Å². The largest absolute Gasteiger partial charge is 0.354 e. The van der Waals surface area contributed by atoms with E-state index < -0.39 is 14.9 Å². The fraction of sp³-hybridized carbons (Fsp3) is 0. The summed E-state index contributed by atoms with van der Waals surface area (Å²) in [6.45, 7) is 0. The first-order valence-corrected chi connectivity index (χ1v) is 8.72. The second kappa shape index (κ2) is 6.54. The lowest BCUT2D eigenvalue weighted by Crippen LogP contribution is -2.13. The third-order valence-corrected chi connectivity index (χ3v) is 5.06. The highest BCUT2D eigenvalue weighted by Crippen LogP contribution is 2.28. The van der Waals surface area contributed by atoms with Crippen LogP contribution in [0.2, 0.25) is 5.02 Å². The fourth-order valence-corrected chi connectivity index (χ4v) is 3.60. The van der Waals surface area contributed by atoms with Crippen molar-refractivity contribution in [2.75, 3.05) is 4.72 Å². The molecule has 0 aliphatic rings. The van der Waals surface area contributed by atoms with Crippen molar-refractivity contribution in [3.05, 3.63) is 69.7 Å². The lowest BCUT2D eigenvalue weighted by molar-refractivity contribution is -0.384. The van der Waals surface area contributed by atoms with Crippen LogP contribution in [-0.2, 0) is 10.0 Å². The Hall–Kier alpha value is -2.91. The number of aromatic nitrogens is 1. The van der Waals surface area contributed by atoms with Gasteiger partial charge in [0.2, 0.25) is 0 Å². The van der Waals surface area contributed by atoms with Crippen LogP contribution >= 0.6 is 11.6 Å². The number of rotatable bonds is 5. The van der Waals surface area contributed by atoms with Gasteiger partial charge in [0, 0.05) is 23.8 Å². The first kappa shape index (κ1) is 16.9. The van der Waals surface area contributed by atoms with Gasteiger partial charge in [-0.15, -0.1) is 0 Å². The summed E-state index contributed by atoms with van der Waals surface area (Å²) < 4.78 is 32.1. The lowest BCUT2D eigenvalue weighted by atomic mass is 10.2. The van der Waals surface area contributed by atoms with Gasteiger partial charge in [0.1, 0.15) is 4.90 Å². The molecule has 10 heteroatoms. The van der Waals surface area contributed by atoms with E-state index in [1.807, 2.05) is 6.07 Å². The van der Waals surface area contributed by atoms with E-state index in [2.05, 4.69) is 9.88 Å². The van der Waals surface area contributed by atoms with E-state index >= 15 is 0 Å². The van der Waals surface area contributed by atoms with E-state index in [4.69, 9.17) is 16.1 Å². The maximum atomic E-state index is 12.4. The Labute approximate surface area is 147 Å². The number of sulfonamides is 1. The minimum absolute atomic E-state index is 0.0340. The number of halogens is 1. The zero-order chi connectivity index (χ0) is 18.0. The molecule has 3 rings (SSSR count). The summed E-state index contributed by atoms with van der Waals surface area (Å²) in [5.74, 6) is 0.348. The number of nitro groups is 1. The second-order valence-corrected chi connectivity index (χ2v) is 6.98. The molecule has 0 saturated carbocycles. The van der Waals surface area contributed by atoms with E-state index in [9.17, 15) is 18.5 Å². The molecule has 0 atom stereocenters. The van der Waals surface area contributed by atoms with Gasteiger partial charge >= 0.3 is 0 Å². The molecule has 0 bridgehead atoms.